The molecule has 20 heavy (non-hydrogen) atoms. The third kappa shape index (κ3) is 5.02. The fraction of sp³-hybridized carbons (Fsp3) is 0.533. The summed E-state index contributed by atoms with van der Waals surface area (Å²) in [4.78, 5) is 7.94. The van der Waals surface area contributed by atoms with E-state index in [2.05, 4.69) is 16.9 Å². The Morgan fingerprint density at radius 2 is 2.05 bits per heavy atom. The highest BCUT2D eigenvalue weighted by molar-refractivity contribution is 7.99. The molecule has 0 saturated heterocycles. The lowest BCUT2D eigenvalue weighted by Crippen LogP contribution is -3.00. The number of unbranched alkanes of at least 4 members (excludes halogenated alkanes) is 3. The number of nitrogens with one attached hydrogen (secondary N) is 1. The largest absolute Gasteiger partial charge is 1.00 e. The molecule has 1 aromatic carbocycles. The fourth-order valence-corrected chi connectivity index (χ4v) is 2.87. The first-order valence-corrected chi connectivity index (χ1v) is 8.07. The van der Waals surface area contributed by atoms with E-state index in [0.29, 0.717) is 6.61 Å². The zero-order valence-electron chi connectivity index (χ0n) is 12.1. The van der Waals surface area contributed by atoms with Crippen molar-refractivity contribution in [2.75, 3.05) is 12.4 Å². The van der Waals surface area contributed by atoms with E-state index in [1.165, 1.54) is 25.7 Å². The van der Waals surface area contributed by atoms with Gasteiger partial charge in [0.2, 0.25) is 0 Å². The van der Waals surface area contributed by atoms with Gasteiger partial charge in [-0.3, -0.25) is 0 Å². The lowest BCUT2D eigenvalue weighted by Gasteiger charge is -2.00. The second kappa shape index (κ2) is 9.29. The SMILES string of the molecule is CCCCCCSc1nc2ccc(OCC)cc2[nH]1.[Br-]. The van der Waals surface area contributed by atoms with Crippen LogP contribution in [0, 0.1) is 0 Å². The van der Waals surface area contributed by atoms with Crippen molar-refractivity contribution in [2.45, 2.75) is 44.7 Å². The maximum Gasteiger partial charge on any atom is 0.166 e. The Balaban J connectivity index is 0.00000200. The summed E-state index contributed by atoms with van der Waals surface area (Å²) in [7, 11) is 0. The first kappa shape index (κ1) is 17.4. The van der Waals surface area contributed by atoms with Gasteiger partial charge >= 0.3 is 0 Å². The highest BCUT2D eigenvalue weighted by atomic mass is 79.9. The molecule has 5 heteroatoms. The number of ether oxygens (including phenoxy) is 1. The van der Waals surface area contributed by atoms with Gasteiger partial charge in [-0.1, -0.05) is 37.9 Å². The number of aromatic amines is 1. The molecule has 0 aliphatic heterocycles. The summed E-state index contributed by atoms with van der Waals surface area (Å²) in [6.45, 7) is 4.93. The number of hydrogen-bond donors (Lipinski definition) is 1. The third-order valence-corrected chi connectivity index (χ3v) is 3.94. The maximum absolute atomic E-state index is 5.49. The molecule has 0 unspecified atom stereocenters. The van der Waals surface area contributed by atoms with E-state index in [1.807, 2.05) is 36.9 Å². The Labute approximate surface area is 135 Å². The number of aromatic nitrogens is 2. The molecule has 3 nitrogen and oxygen atoms in total. The minimum Gasteiger partial charge on any atom is -1.00 e. The van der Waals surface area contributed by atoms with Gasteiger partial charge in [-0.05, 0) is 25.5 Å². The van der Waals surface area contributed by atoms with Gasteiger partial charge in [-0.2, -0.15) is 0 Å². The van der Waals surface area contributed by atoms with Gasteiger partial charge in [-0.25, -0.2) is 4.98 Å². The third-order valence-electron chi connectivity index (χ3n) is 2.98. The summed E-state index contributed by atoms with van der Waals surface area (Å²) in [5.41, 5.74) is 2.07. The first-order valence-electron chi connectivity index (χ1n) is 7.09. The molecule has 0 saturated carbocycles. The number of nitrogens with zero attached hydrogens (tertiary/aromatic N) is 1. The first-order chi connectivity index (χ1) is 9.33. The molecule has 0 aliphatic carbocycles. The average molecular weight is 358 g/mol. The zero-order chi connectivity index (χ0) is 13.5. The van der Waals surface area contributed by atoms with Gasteiger partial charge in [0, 0.05) is 11.8 Å². The predicted molar refractivity (Wildman–Crippen MR) is 82.1 cm³/mol. The Kier molecular flexibility index (Phi) is 8.07. The lowest BCUT2D eigenvalue weighted by atomic mass is 10.2. The summed E-state index contributed by atoms with van der Waals surface area (Å²) >= 11 is 1.81. The van der Waals surface area contributed by atoms with Crippen molar-refractivity contribution < 1.29 is 21.7 Å². The number of H-pyrrole nitrogens is 1. The summed E-state index contributed by atoms with van der Waals surface area (Å²) in [6, 6.07) is 6.01. The highest BCUT2D eigenvalue weighted by Crippen LogP contribution is 2.24. The van der Waals surface area contributed by atoms with Crippen LogP contribution in [0.25, 0.3) is 11.0 Å². The second-order valence-corrected chi connectivity index (χ2v) is 5.65. The molecule has 1 heterocycles. The number of thioether (sulfide) groups is 1. The molecular formula is C15H22BrN2OS-. The average Bonchev–Trinajstić information content (AvgIpc) is 2.81. The smallest absolute Gasteiger partial charge is 0.166 e. The van der Waals surface area contributed by atoms with Crippen molar-refractivity contribution in [3.05, 3.63) is 18.2 Å². The van der Waals surface area contributed by atoms with Gasteiger partial charge < -0.3 is 26.7 Å². The molecule has 112 valence electrons. The minimum atomic E-state index is 0. The van der Waals surface area contributed by atoms with E-state index in [0.717, 1.165) is 27.7 Å². The molecule has 0 atom stereocenters. The molecular weight excluding hydrogens is 336 g/mol. The predicted octanol–water partition coefficient (Wildman–Crippen LogP) is 1.64. The van der Waals surface area contributed by atoms with E-state index in [9.17, 15) is 0 Å². The number of hydrogen-bond acceptors (Lipinski definition) is 3. The summed E-state index contributed by atoms with van der Waals surface area (Å²) in [6.07, 6.45) is 5.20. The van der Waals surface area contributed by atoms with Crippen LogP contribution < -0.4 is 21.7 Å². The van der Waals surface area contributed by atoms with Crippen molar-refractivity contribution in [2.24, 2.45) is 0 Å². The summed E-state index contributed by atoms with van der Waals surface area (Å²) in [5, 5.41) is 1.01. The molecule has 2 aromatic rings. The monoisotopic (exact) mass is 357 g/mol. The van der Waals surface area contributed by atoms with Gasteiger partial charge in [0.1, 0.15) is 5.75 Å². The lowest BCUT2D eigenvalue weighted by molar-refractivity contribution is -0.00000465. The molecule has 1 aromatic heterocycles. The van der Waals surface area contributed by atoms with Crippen molar-refractivity contribution in [3.63, 3.8) is 0 Å². The zero-order valence-corrected chi connectivity index (χ0v) is 14.5. The molecule has 0 spiro atoms. The van der Waals surface area contributed by atoms with E-state index in [4.69, 9.17) is 4.74 Å². The number of benzene rings is 1. The van der Waals surface area contributed by atoms with Gasteiger partial charge in [0.25, 0.3) is 0 Å². The maximum atomic E-state index is 5.49. The number of halogens is 1. The van der Waals surface area contributed by atoms with Crippen LogP contribution in [0.4, 0.5) is 0 Å². The second-order valence-electron chi connectivity index (χ2n) is 4.56. The molecule has 1 N–H and O–H groups in total. The molecule has 2 rings (SSSR count). The molecule has 0 amide bonds. The Morgan fingerprint density at radius 1 is 1.20 bits per heavy atom. The van der Waals surface area contributed by atoms with Crippen LogP contribution in [0.1, 0.15) is 39.5 Å². The van der Waals surface area contributed by atoms with Crippen LogP contribution in [0.3, 0.4) is 0 Å². The number of fused-ring (bicyclic) bond motifs is 1. The summed E-state index contributed by atoms with van der Waals surface area (Å²) in [5.74, 6) is 2.04. The molecule has 0 fully saturated rings. The topological polar surface area (TPSA) is 37.9 Å². The van der Waals surface area contributed by atoms with Gasteiger partial charge in [0.15, 0.2) is 5.16 Å². The van der Waals surface area contributed by atoms with Gasteiger partial charge in [0.05, 0.1) is 17.6 Å². The van der Waals surface area contributed by atoms with Crippen molar-refractivity contribution in [1.29, 1.82) is 0 Å². The van der Waals surface area contributed by atoms with E-state index < -0.39 is 0 Å². The van der Waals surface area contributed by atoms with E-state index >= 15 is 0 Å². The minimum absolute atomic E-state index is 0. The Hall–Kier alpha value is -0.680. The van der Waals surface area contributed by atoms with Crippen LogP contribution in [-0.4, -0.2) is 22.3 Å². The van der Waals surface area contributed by atoms with Gasteiger partial charge in [-0.15, -0.1) is 0 Å². The number of imidazole rings is 1. The summed E-state index contributed by atoms with van der Waals surface area (Å²) < 4.78 is 5.49. The van der Waals surface area contributed by atoms with Crippen molar-refractivity contribution in [1.82, 2.24) is 9.97 Å². The fourth-order valence-electron chi connectivity index (χ4n) is 1.99. The van der Waals surface area contributed by atoms with Crippen molar-refractivity contribution in [3.8, 4) is 5.75 Å². The molecule has 0 radical (unpaired) electrons. The van der Waals surface area contributed by atoms with Crippen LogP contribution in [0.2, 0.25) is 0 Å². The van der Waals surface area contributed by atoms with E-state index in [-0.39, 0.29) is 17.0 Å². The van der Waals surface area contributed by atoms with Crippen LogP contribution in [-0.2, 0) is 0 Å². The Bertz CT molecular complexity index is 516. The van der Waals surface area contributed by atoms with Crippen LogP contribution >= 0.6 is 11.8 Å². The molecule has 0 aliphatic rings. The number of rotatable bonds is 8. The van der Waals surface area contributed by atoms with E-state index in [1.54, 1.807) is 0 Å². The Morgan fingerprint density at radius 3 is 2.80 bits per heavy atom. The van der Waals surface area contributed by atoms with Crippen molar-refractivity contribution >= 4 is 22.8 Å². The normalized spacial score (nSPS) is 10.5. The molecule has 0 bridgehead atoms. The van der Waals surface area contributed by atoms with Crippen LogP contribution in [0.15, 0.2) is 23.4 Å². The van der Waals surface area contributed by atoms with Crippen LogP contribution in [0.5, 0.6) is 5.75 Å². The highest BCUT2D eigenvalue weighted by Gasteiger charge is 2.04. The quantitative estimate of drug-likeness (QED) is 0.576. The standard InChI is InChI=1S/C15H22N2OS.BrH/c1-3-5-6-7-10-19-15-16-13-9-8-12(18-4-2)11-14(13)17-15;/h8-9,11H,3-7,10H2,1-2H3,(H,16,17);1H/p-1.